The molecule has 194 valence electrons. The topological polar surface area (TPSA) is 42.0 Å². The van der Waals surface area contributed by atoms with Gasteiger partial charge in [0.2, 0.25) is 0 Å². The van der Waals surface area contributed by atoms with Crippen molar-refractivity contribution in [2.24, 2.45) is 5.92 Å². The Kier molecular flexibility index (Phi) is 8.21. The van der Waals surface area contributed by atoms with Crippen molar-refractivity contribution in [3.05, 3.63) is 78.4 Å². The summed E-state index contributed by atoms with van der Waals surface area (Å²) in [5, 5.41) is 0. The van der Waals surface area contributed by atoms with Crippen molar-refractivity contribution in [2.75, 3.05) is 40.4 Å². The molecule has 2 aromatic rings. The standard InChI is InChI=1S/C31H42N2O3/c1-6-18-32-19-17-30(26-13-10-14-28(20-26)35-4)21-27(15-16-31(30,23-32)36-5)33(22-24(2)3)29(34)25-11-8-7-9-12-25/h6-14,20,24,27H,1,15-19,21-23H2,2-5H3/t27-,30+,31+/m1/s1. The highest BCUT2D eigenvalue weighted by Gasteiger charge is 2.59. The maximum atomic E-state index is 13.8. The number of methoxy groups -OCH3 is 2. The van der Waals surface area contributed by atoms with Crippen molar-refractivity contribution in [2.45, 2.75) is 56.6 Å². The Bertz CT molecular complexity index is 1040. The Morgan fingerprint density at radius 1 is 1.17 bits per heavy atom. The van der Waals surface area contributed by atoms with Crippen molar-refractivity contribution in [3.8, 4) is 5.75 Å². The van der Waals surface area contributed by atoms with E-state index in [4.69, 9.17) is 9.47 Å². The fraction of sp³-hybridized carbons (Fsp3) is 0.516. The van der Waals surface area contributed by atoms with Crippen molar-refractivity contribution in [3.63, 3.8) is 0 Å². The van der Waals surface area contributed by atoms with Crippen LogP contribution in [0.1, 0.15) is 55.5 Å². The number of carbonyl (C=O) groups excluding carboxylic acids is 1. The van der Waals surface area contributed by atoms with E-state index < -0.39 is 0 Å². The molecule has 1 heterocycles. The van der Waals surface area contributed by atoms with Gasteiger partial charge in [-0.15, -0.1) is 6.58 Å². The molecule has 0 unspecified atom stereocenters. The molecule has 0 bridgehead atoms. The summed E-state index contributed by atoms with van der Waals surface area (Å²) in [5.41, 5.74) is 1.46. The van der Waals surface area contributed by atoms with E-state index in [1.807, 2.05) is 49.6 Å². The van der Waals surface area contributed by atoms with Gasteiger partial charge in [-0.2, -0.15) is 0 Å². The maximum Gasteiger partial charge on any atom is 0.254 e. The third kappa shape index (κ3) is 4.96. The highest BCUT2D eigenvalue weighted by Crippen LogP contribution is 2.54. The summed E-state index contributed by atoms with van der Waals surface area (Å²) in [5.74, 6) is 1.38. The molecular weight excluding hydrogens is 448 g/mol. The number of piperidine rings is 1. The van der Waals surface area contributed by atoms with E-state index in [9.17, 15) is 4.79 Å². The smallest absolute Gasteiger partial charge is 0.254 e. The van der Waals surface area contributed by atoms with Gasteiger partial charge < -0.3 is 14.4 Å². The van der Waals surface area contributed by atoms with Gasteiger partial charge in [0.1, 0.15) is 5.75 Å². The lowest BCUT2D eigenvalue weighted by Crippen LogP contribution is -2.68. The van der Waals surface area contributed by atoms with Gasteiger partial charge in [-0.3, -0.25) is 9.69 Å². The third-order valence-electron chi connectivity index (χ3n) is 8.36. The second-order valence-corrected chi connectivity index (χ2v) is 10.9. The number of amides is 1. The molecule has 1 aliphatic carbocycles. The van der Waals surface area contributed by atoms with Gasteiger partial charge in [-0.1, -0.05) is 50.3 Å². The molecule has 1 amide bonds. The number of rotatable bonds is 9. The highest BCUT2D eigenvalue weighted by molar-refractivity contribution is 5.94. The minimum atomic E-state index is -0.337. The molecule has 5 heteroatoms. The molecule has 3 atom stereocenters. The number of nitrogens with zero attached hydrogens (tertiary/aromatic N) is 2. The zero-order valence-electron chi connectivity index (χ0n) is 22.4. The minimum Gasteiger partial charge on any atom is -0.497 e. The number of likely N-dealkylation sites (tertiary alicyclic amines) is 1. The molecule has 0 radical (unpaired) electrons. The number of benzene rings is 2. The van der Waals surface area contributed by atoms with Crippen LogP contribution in [-0.4, -0.2) is 67.7 Å². The van der Waals surface area contributed by atoms with Crippen LogP contribution in [0.25, 0.3) is 0 Å². The predicted octanol–water partition coefficient (Wildman–Crippen LogP) is 5.56. The lowest BCUT2D eigenvalue weighted by atomic mass is 9.55. The molecule has 5 nitrogen and oxygen atoms in total. The summed E-state index contributed by atoms with van der Waals surface area (Å²) < 4.78 is 12.2. The van der Waals surface area contributed by atoms with Crippen LogP contribution in [0.15, 0.2) is 67.3 Å². The van der Waals surface area contributed by atoms with Crippen LogP contribution < -0.4 is 4.74 Å². The van der Waals surface area contributed by atoms with E-state index in [1.54, 1.807) is 7.11 Å². The summed E-state index contributed by atoms with van der Waals surface area (Å²) in [7, 11) is 3.59. The van der Waals surface area contributed by atoms with Crippen LogP contribution in [0.3, 0.4) is 0 Å². The number of hydrogen-bond acceptors (Lipinski definition) is 4. The van der Waals surface area contributed by atoms with E-state index in [-0.39, 0.29) is 23.0 Å². The largest absolute Gasteiger partial charge is 0.497 e. The summed E-state index contributed by atoms with van der Waals surface area (Å²) in [6, 6.07) is 18.4. The first kappa shape index (κ1) is 26.4. The fourth-order valence-electron chi connectivity index (χ4n) is 6.63. The van der Waals surface area contributed by atoms with Crippen molar-refractivity contribution >= 4 is 5.91 Å². The molecule has 0 N–H and O–H groups in total. The molecule has 2 fully saturated rings. The Morgan fingerprint density at radius 3 is 2.61 bits per heavy atom. The van der Waals surface area contributed by atoms with E-state index >= 15 is 0 Å². The average molecular weight is 491 g/mol. The summed E-state index contributed by atoms with van der Waals surface area (Å²) in [6.07, 6.45) is 5.65. The quantitative estimate of drug-likeness (QED) is 0.432. The van der Waals surface area contributed by atoms with Crippen molar-refractivity contribution in [1.82, 2.24) is 9.80 Å². The molecule has 2 aromatic carbocycles. The lowest BCUT2D eigenvalue weighted by Gasteiger charge is -2.60. The zero-order chi connectivity index (χ0) is 25.8. The monoisotopic (exact) mass is 490 g/mol. The maximum absolute atomic E-state index is 13.8. The van der Waals surface area contributed by atoms with Crippen LogP contribution in [0, 0.1) is 5.92 Å². The van der Waals surface area contributed by atoms with Gasteiger partial charge in [0.05, 0.1) is 12.7 Å². The van der Waals surface area contributed by atoms with Crippen LogP contribution >= 0.6 is 0 Å². The summed E-state index contributed by atoms with van der Waals surface area (Å²) in [6.45, 7) is 11.8. The molecule has 0 aromatic heterocycles. The normalized spacial score (nSPS) is 26.3. The van der Waals surface area contributed by atoms with Gasteiger partial charge in [0, 0.05) is 43.8 Å². The first-order valence-electron chi connectivity index (χ1n) is 13.3. The molecular formula is C31H42N2O3. The third-order valence-corrected chi connectivity index (χ3v) is 8.36. The molecule has 4 rings (SSSR count). The van der Waals surface area contributed by atoms with Crippen LogP contribution in [0.5, 0.6) is 5.75 Å². The number of carbonyl (C=O) groups is 1. The van der Waals surface area contributed by atoms with Crippen molar-refractivity contribution in [1.29, 1.82) is 0 Å². The SMILES string of the molecule is C=CCN1CC[C@@]2(c3cccc(OC)c3)C[C@H](N(CC(C)C)C(=O)c3ccccc3)CC[C@]2(OC)C1. The average Bonchev–Trinajstić information content (AvgIpc) is 2.91. The zero-order valence-corrected chi connectivity index (χ0v) is 22.4. The molecule has 0 spiro atoms. The fourth-order valence-corrected chi connectivity index (χ4v) is 6.63. The molecule has 2 aliphatic rings. The Labute approximate surface area is 217 Å². The second kappa shape index (κ2) is 11.2. The first-order chi connectivity index (χ1) is 17.4. The number of hydrogen-bond donors (Lipinski definition) is 0. The van der Waals surface area contributed by atoms with Crippen LogP contribution in [-0.2, 0) is 10.2 Å². The second-order valence-electron chi connectivity index (χ2n) is 10.9. The number of fused-ring (bicyclic) bond motifs is 1. The molecule has 36 heavy (non-hydrogen) atoms. The summed E-state index contributed by atoms with van der Waals surface area (Å²) in [4.78, 5) is 18.4. The van der Waals surface area contributed by atoms with Gasteiger partial charge in [-0.05, 0) is 68.0 Å². The van der Waals surface area contributed by atoms with Gasteiger partial charge in [0.15, 0.2) is 0 Å². The van der Waals surface area contributed by atoms with E-state index in [1.165, 1.54) is 5.56 Å². The van der Waals surface area contributed by atoms with Crippen molar-refractivity contribution < 1.29 is 14.3 Å². The van der Waals surface area contributed by atoms with Crippen LogP contribution in [0.2, 0.25) is 0 Å². The molecule has 1 aliphatic heterocycles. The number of ether oxygens (including phenoxy) is 2. The molecule has 1 saturated heterocycles. The Morgan fingerprint density at radius 2 is 1.94 bits per heavy atom. The first-order valence-corrected chi connectivity index (χ1v) is 13.3. The van der Waals surface area contributed by atoms with E-state index in [2.05, 4.69) is 48.4 Å². The van der Waals surface area contributed by atoms with Crippen LogP contribution in [0.4, 0.5) is 0 Å². The van der Waals surface area contributed by atoms with E-state index in [0.29, 0.717) is 5.92 Å². The van der Waals surface area contributed by atoms with Gasteiger partial charge in [0.25, 0.3) is 5.91 Å². The lowest BCUT2D eigenvalue weighted by molar-refractivity contribution is -0.153. The minimum absolute atomic E-state index is 0.129. The Hall–Kier alpha value is -2.63. The van der Waals surface area contributed by atoms with Gasteiger partial charge in [-0.25, -0.2) is 0 Å². The Balaban J connectivity index is 1.77. The van der Waals surface area contributed by atoms with Gasteiger partial charge >= 0.3 is 0 Å². The molecule has 1 saturated carbocycles. The predicted molar refractivity (Wildman–Crippen MR) is 146 cm³/mol. The summed E-state index contributed by atoms with van der Waals surface area (Å²) >= 11 is 0. The highest BCUT2D eigenvalue weighted by atomic mass is 16.5. The van der Waals surface area contributed by atoms with E-state index in [0.717, 1.165) is 63.2 Å².